The number of benzene rings is 2. The number of rotatable bonds is 3. The van der Waals surface area contributed by atoms with Crippen molar-refractivity contribution in [1.29, 1.82) is 0 Å². The topological polar surface area (TPSA) is 29.1 Å². The Labute approximate surface area is 119 Å². The highest BCUT2D eigenvalue weighted by Crippen LogP contribution is 2.17. The van der Waals surface area contributed by atoms with Crippen LogP contribution in [0.2, 0.25) is 0 Å². The summed E-state index contributed by atoms with van der Waals surface area (Å²) in [6.45, 7) is 1.86. The van der Waals surface area contributed by atoms with E-state index in [9.17, 15) is 9.18 Å². The van der Waals surface area contributed by atoms with Gasteiger partial charge in [-0.1, -0.05) is 40.2 Å². The number of hydrogen-bond acceptors (Lipinski definition) is 1. The molecule has 0 heterocycles. The first-order valence-electron chi connectivity index (χ1n) is 5.89. The summed E-state index contributed by atoms with van der Waals surface area (Å²) in [4.78, 5) is 12.0. The molecule has 0 aliphatic rings. The zero-order valence-corrected chi connectivity index (χ0v) is 11.9. The molecule has 2 nitrogen and oxygen atoms in total. The first-order valence-corrected chi connectivity index (χ1v) is 6.68. The van der Waals surface area contributed by atoms with E-state index >= 15 is 0 Å². The first kappa shape index (κ1) is 13.7. The van der Waals surface area contributed by atoms with Crippen LogP contribution in [0.5, 0.6) is 0 Å². The lowest BCUT2D eigenvalue weighted by Crippen LogP contribution is -2.27. The van der Waals surface area contributed by atoms with Crippen LogP contribution < -0.4 is 5.32 Å². The molecule has 0 aliphatic carbocycles. The van der Waals surface area contributed by atoms with Gasteiger partial charge in [-0.05, 0) is 36.8 Å². The van der Waals surface area contributed by atoms with Crippen molar-refractivity contribution in [3.8, 4) is 0 Å². The third kappa shape index (κ3) is 3.41. The minimum absolute atomic E-state index is 0.0615. The Morgan fingerprint density at radius 2 is 1.79 bits per heavy atom. The lowest BCUT2D eigenvalue weighted by molar-refractivity contribution is 0.0936. The maximum absolute atomic E-state index is 13.5. The molecule has 1 atom stereocenters. The molecule has 1 unspecified atom stereocenters. The molecule has 1 amide bonds. The smallest absolute Gasteiger partial charge is 0.254 e. The van der Waals surface area contributed by atoms with E-state index in [2.05, 4.69) is 21.2 Å². The SMILES string of the molecule is CC(NC(=O)c1ccccc1F)c1ccc(Br)cc1. The van der Waals surface area contributed by atoms with Crippen LogP contribution in [-0.4, -0.2) is 5.91 Å². The molecule has 2 rings (SSSR count). The van der Waals surface area contributed by atoms with Crippen molar-refractivity contribution >= 4 is 21.8 Å². The molecule has 0 fully saturated rings. The molecule has 0 saturated carbocycles. The van der Waals surface area contributed by atoms with Crippen LogP contribution in [0.3, 0.4) is 0 Å². The third-order valence-corrected chi connectivity index (χ3v) is 3.36. The van der Waals surface area contributed by atoms with Gasteiger partial charge in [-0.3, -0.25) is 4.79 Å². The second-order valence-corrected chi connectivity index (χ2v) is 5.14. The summed E-state index contributed by atoms with van der Waals surface area (Å²) >= 11 is 3.35. The van der Waals surface area contributed by atoms with E-state index in [1.807, 2.05) is 31.2 Å². The van der Waals surface area contributed by atoms with Gasteiger partial charge in [0.15, 0.2) is 0 Å². The van der Waals surface area contributed by atoms with E-state index in [0.717, 1.165) is 10.0 Å². The van der Waals surface area contributed by atoms with E-state index in [-0.39, 0.29) is 11.6 Å². The molecule has 0 aliphatic heterocycles. The maximum atomic E-state index is 13.5. The monoisotopic (exact) mass is 321 g/mol. The van der Waals surface area contributed by atoms with E-state index < -0.39 is 11.7 Å². The summed E-state index contributed by atoms with van der Waals surface area (Å²) in [5.41, 5.74) is 1.03. The van der Waals surface area contributed by atoms with Crippen LogP contribution in [-0.2, 0) is 0 Å². The molecule has 0 saturated heterocycles. The molecule has 0 radical (unpaired) electrons. The van der Waals surface area contributed by atoms with Crippen molar-refractivity contribution in [3.05, 3.63) is 69.9 Å². The molecule has 98 valence electrons. The normalized spacial score (nSPS) is 11.9. The molecule has 0 aromatic heterocycles. The summed E-state index contributed by atoms with van der Waals surface area (Å²) in [6.07, 6.45) is 0. The van der Waals surface area contributed by atoms with Gasteiger partial charge in [0.25, 0.3) is 5.91 Å². The number of hydrogen-bond donors (Lipinski definition) is 1. The Kier molecular flexibility index (Phi) is 4.32. The zero-order chi connectivity index (χ0) is 13.8. The average Bonchev–Trinajstić information content (AvgIpc) is 2.39. The van der Waals surface area contributed by atoms with Gasteiger partial charge in [0.05, 0.1) is 11.6 Å². The number of halogens is 2. The molecule has 4 heteroatoms. The van der Waals surface area contributed by atoms with Crippen LogP contribution in [0.4, 0.5) is 4.39 Å². The van der Waals surface area contributed by atoms with Crippen LogP contribution in [0.25, 0.3) is 0 Å². The van der Waals surface area contributed by atoms with Crippen LogP contribution in [0.15, 0.2) is 53.0 Å². The molecule has 19 heavy (non-hydrogen) atoms. The maximum Gasteiger partial charge on any atom is 0.254 e. The largest absolute Gasteiger partial charge is 0.345 e. The lowest BCUT2D eigenvalue weighted by Gasteiger charge is -2.14. The van der Waals surface area contributed by atoms with E-state index in [4.69, 9.17) is 0 Å². The molecule has 0 bridgehead atoms. The van der Waals surface area contributed by atoms with Crippen LogP contribution >= 0.6 is 15.9 Å². The van der Waals surface area contributed by atoms with Crippen molar-refractivity contribution in [2.75, 3.05) is 0 Å². The summed E-state index contributed by atoms with van der Waals surface area (Å²) < 4.78 is 14.5. The Hall–Kier alpha value is -1.68. The Balaban J connectivity index is 2.11. The molecule has 0 spiro atoms. The van der Waals surface area contributed by atoms with Crippen LogP contribution in [0.1, 0.15) is 28.9 Å². The Bertz CT molecular complexity index is 583. The summed E-state index contributed by atoms with van der Waals surface area (Å²) in [5.74, 6) is -0.920. The van der Waals surface area contributed by atoms with Gasteiger partial charge in [0, 0.05) is 4.47 Å². The van der Waals surface area contributed by atoms with Crippen molar-refractivity contribution in [2.45, 2.75) is 13.0 Å². The molecule has 2 aromatic carbocycles. The minimum atomic E-state index is -0.511. The van der Waals surface area contributed by atoms with Gasteiger partial charge in [-0.2, -0.15) is 0 Å². The molecular weight excluding hydrogens is 309 g/mol. The van der Waals surface area contributed by atoms with Gasteiger partial charge < -0.3 is 5.32 Å². The average molecular weight is 322 g/mol. The highest BCUT2D eigenvalue weighted by atomic mass is 79.9. The van der Waals surface area contributed by atoms with Crippen LogP contribution in [0, 0.1) is 5.82 Å². The zero-order valence-electron chi connectivity index (χ0n) is 10.4. The van der Waals surface area contributed by atoms with Gasteiger partial charge in [-0.15, -0.1) is 0 Å². The Morgan fingerprint density at radius 3 is 2.42 bits per heavy atom. The first-order chi connectivity index (χ1) is 9.08. The number of carbonyl (C=O) groups excluding carboxylic acids is 1. The third-order valence-electron chi connectivity index (χ3n) is 2.84. The summed E-state index contributed by atoms with van der Waals surface area (Å²) in [6, 6.07) is 13.4. The lowest BCUT2D eigenvalue weighted by atomic mass is 10.1. The highest BCUT2D eigenvalue weighted by molar-refractivity contribution is 9.10. The fourth-order valence-electron chi connectivity index (χ4n) is 1.75. The summed E-state index contributed by atoms with van der Waals surface area (Å²) in [5, 5.41) is 2.78. The molecule has 2 aromatic rings. The standard InChI is InChI=1S/C15H13BrFNO/c1-10(11-6-8-12(16)9-7-11)18-15(19)13-4-2-3-5-14(13)17/h2-10H,1H3,(H,18,19). The minimum Gasteiger partial charge on any atom is -0.345 e. The molecule has 1 N–H and O–H groups in total. The second kappa shape index (κ2) is 5.97. The number of amides is 1. The van der Waals surface area contributed by atoms with E-state index in [1.165, 1.54) is 12.1 Å². The van der Waals surface area contributed by atoms with Gasteiger partial charge in [0.2, 0.25) is 0 Å². The van der Waals surface area contributed by atoms with Crippen molar-refractivity contribution in [2.24, 2.45) is 0 Å². The van der Waals surface area contributed by atoms with Gasteiger partial charge in [-0.25, -0.2) is 4.39 Å². The van der Waals surface area contributed by atoms with E-state index in [1.54, 1.807) is 12.1 Å². The van der Waals surface area contributed by atoms with Crippen molar-refractivity contribution < 1.29 is 9.18 Å². The van der Waals surface area contributed by atoms with E-state index in [0.29, 0.717) is 0 Å². The number of nitrogens with one attached hydrogen (secondary N) is 1. The Morgan fingerprint density at radius 1 is 1.16 bits per heavy atom. The van der Waals surface area contributed by atoms with Crippen molar-refractivity contribution in [3.63, 3.8) is 0 Å². The predicted octanol–water partition coefficient (Wildman–Crippen LogP) is 4.08. The fourth-order valence-corrected chi connectivity index (χ4v) is 2.02. The predicted molar refractivity (Wildman–Crippen MR) is 76.4 cm³/mol. The highest BCUT2D eigenvalue weighted by Gasteiger charge is 2.14. The summed E-state index contributed by atoms with van der Waals surface area (Å²) in [7, 11) is 0. The molecular formula is C15H13BrFNO. The second-order valence-electron chi connectivity index (χ2n) is 4.23. The van der Waals surface area contributed by atoms with Gasteiger partial charge >= 0.3 is 0 Å². The van der Waals surface area contributed by atoms with Crippen molar-refractivity contribution in [1.82, 2.24) is 5.32 Å². The van der Waals surface area contributed by atoms with Gasteiger partial charge in [0.1, 0.15) is 5.82 Å². The quantitative estimate of drug-likeness (QED) is 0.906. The number of carbonyl (C=O) groups is 1. The fraction of sp³-hybridized carbons (Fsp3) is 0.133.